The molecule has 6 nitrogen and oxygen atoms in total. The molecule has 0 saturated heterocycles. The number of hydrogen-bond donors (Lipinski definition) is 2. The van der Waals surface area contributed by atoms with E-state index < -0.39 is 0 Å². The molecule has 0 bridgehead atoms. The highest BCUT2D eigenvalue weighted by Crippen LogP contribution is 2.28. The Morgan fingerprint density at radius 1 is 1.00 bits per heavy atom. The van der Waals surface area contributed by atoms with Crippen LogP contribution < -0.4 is 11.1 Å². The van der Waals surface area contributed by atoms with Crippen LogP contribution in [0.25, 0.3) is 11.1 Å². The number of aryl methyl sites for hydroxylation is 1. The van der Waals surface area contributed by atoms with Gasteiger partial charge >= 0.3 is 6.03 Å². The highest BCUT2D eigenvalue weighted by Gasteiger charge is 2.25. The van der Waals surface area contributed by atoms with Crippen LogP contribution in [0, 0.1) is 6.92 Å². The lowest BCUT2D eigenvalue weighted by molar-refractivity contribution is 0.212. The van der Waals surface area contributed by atoms with Crippen molar-refractivity contribution in [1.82, 2.24) is 14.9 Å². The van der Waals surface area contributed by atoms with Gasteiger partial charge in [-0.15, -0.1) is 0 Å². The molecule has 0 unspecified atom stereocenters. The molecular formula is C20H19N5O. The Morgan fingerprint density at radius 2 is 1.62 bits per heavy atom. The van der Waals surface area contributed by atoms with Crippen LogP contribution in [-0.4, -0.2) is 20.9 Å². The summed E-state index contributed by atoms with van der Waals surface area (Å²) in [4.78, 5) is 22.8. The van der Waals surface area contributed by atoms with Crippen LogP contribution in [0.5, 0.6) is 0 Å². The van der Waals surface area contributed by atoms with Gasteiger partial charge in [0.1, 0.15) is 0 Å². The zero-order valence-corrected chi connectivity index (χ0v) is 14.4. The molecule has 1 aromatic heterocycles. The minimum Gasteiger partial charge on any atom is -0.397 e. The number of hydrogen-bond acceptors (Lipinski definition) is 4. The molecule has 0 aliphatic carbocycles. The molecule has 0 atom stereocenters. The number of nitrogens with zero attached hydrogens (tertiary/aromatic N) is 3. The van der Waals surface area contributed by atoms with E-state index in [0.29, 0.717) is 24.5 Å². The van der Waals surface area contributed by atoms with E-state index in [-0.39, 0.29) is 6.03 Å². The first kappa shape index (κ1) is 16.1. The standard InChI is InChI=1S/C20H19N5O/c1-13-2-4-14(5-3-13)15-6-7-16(21)17(10-15)24-20(26)25-11-18-19(12-25)23-9-8-22-18/h2-10H,11-12,21H2,1H3,(H,24,26). The normalized spacial score (nSPS) is 12.7. The molecule has 4 rings (SSSR count). The van der Waals surface area contributed by atoms with E-state index in [2.05, 4.69) is 46.5 Å². The van der Waals surface area contributed by atoms with Crippen LogP contribution in [0.2, 0.25) is 0 Å². The second-order valence-corrected chi connectivity index (χ2v) is 6.40. The first-order chi connectivity index (χ1) is 12.6. The number of urea groups is 1. The van der Waals surface area contributed by atoms with Crippen molar-refractivity contribution >= 4 is 17.4 Å². The Kier molecular flexibility index (Phi) is 4.01. The fourth-order valence-corrected chi connectivity index (χ4v) is 3.01. The maximum absolute atomic E-state index is 12.6. The Bertz CT molecular complexity index is 943. The number of nitrogens with two attached hydrogens (primary N) is 1. The molecule has 0 saturated carbocycles. The maximum Gasteiger partial charge on any atom is 0.322 e. The lowest BCUT2D eigenvalue weighted by Gasteiger charge is -2.17. The van der Waals surface area contributed by atoms with Crippen molar-refractivity contribution in [3.8, 4) is 11.1 Å². The molecule has 0 spiro atoms. The van der Waals surface area contributed by atoms with E-state index in [0.717, 1.165) is 22.5 Å². The van der Waals surface area contributed by atoms with E-state index in [1.807, 2.05) is 18.2 Å². The summed E-state index contributed by atoms with van der Waals surface area (Å²) in [7, 11) is 0. The maximum atomic E-state index is 12.6. The number of amides is 2. The van der Waals surface area contributed by atoms with E-state index in [1.165, 1.54) is 5.56 Å². The molecule has 26 heavy (non-hydrogen) atoms. The third kappa shape index (κ3) is 3.09. The molecule has 130 valence electrons. The Balaban J connectivity index is 1.54. The molecule has 3 N–H and O–H groups in total. The first-order valence-corrected chi connectivity index (χ1v) is 8.41. The minimum absolute atomic E-state index is 0.211. The largest absolute Gasteiger partial charge is 0.397 e. The summed E-state index contributed by atoms with van der Waals surface area (Å²) in [5.74, 6) is 0. The van der Waals surface area contributed by atoms with Crippen molar-refractivity contribution < 1.29 is 4.79 Å². The Morgan fingerprint density at radius 3 is 2.27 bits per heavy atom. The molecular weight excluding hydrogens is 326 g/mol. The number of rotatable bonds is 2. The van der Waals surface area contributed by atoms with Gasteiger partial charge in [0, 0.05) is 12.4 Å². The highest BCUT2D eigenvalue weighted by atomic mass is 16.2. The molecule has 1 aliphatic heterocycles. The van der Waals surface area contributed by atoms with Gasteiger partial charge in [-0.1, -0.05) is 35.9 Å². The van der Waals surface area contributed by atoms with Crippen molar-refractivity contribution in [2.24, 2.45) is 0 Å². The predicted octanol–water partition coefficient (Wildman–Crippen LogP) is 3.58. The molecule has 2 aromatic carbocycles. The van der Waals surface area contributed by atoms with Gasteiger partial charge in [0.05, 0.1) is 35.9 Å². The van der Waals surface area contributed by atoms with Crippen molar-refractivity contribution in [3.05, 3.63) is 71.8 Å². The van der Waals surface area contributed by atoms with E-state index in [1.54, 1.807) is 17.3 Å². The van der Waals surface area contributed by atoms with Crippen LogP contribution in [0.15, 0.2) is 54.9 Å². The van der Waals surface area contributed by atoms with Gasteiger partial charge in [0.2, 0.25) is 0 Å². The van der Waals surface area contributed by atoms with Crippen LogP contribution in [0.4, 0.5) is 16.2 Å². The van der Waals surface area contributed by atoms with E-state index >= 15 is 0 Å². The van der Waals surface area contributed by atoms with E-state index in [4.69, 9.17) is 5.73 Å². The van der Waals surface area contributed by atoms with Crippen molar-refractivity contribution in [2.75, 3.05) is 11.1 Å². The molecule has 1 aliphatic rings. The number of nitrogen functional groups attached to an aromatic ring is 1. The Labute approximate surface area is 151 Å². The van der Waals surface area contributed by atoms with E-state index in [9.17, 15) is 4.79 Å². The summed E-state index contributed by atoms with van der Waals surface area (Å²) in [5, 5.41) is 2.91. The summed E-state index contributed by atoms with van der Waals surface area (Å²) >= 11 is 0. The number of carbonyl (C=O) groups is 1. The van der Waals surface area contributed by atoms with Gasteiger partial charge in [-0.25, -0.2) is 4.79 Å². The van der Waals surface area contributed by atoms with Gasteiger partial charge in [0.15, 0.2) is 0 Å². The number of nitrogens with one attached hydrogen (secondary N) is 1. The lowest BCUT2D eigenvalue weighted by Crippen LogP contribution is -2.30. The number of anilines is 2. The molecule has 3 aromatic rings. The van der Waals surface area contributed by atoms with Gasteiger partial charge < -0.3 is 16.0 Å². The summed E-state index contributed by atoms with van der Waals surface area (Å²) in [6.07, 6.45) is 3.28. The van der Waals surface area contributed by atoms with Crippen LogP contribution in [0.3, 0.4) is 0 Å². The summed E-state index contributed by atoms with van der Waals surface area (Å²) in [6, 6.07) is 13.7. The molecule has 2 heterocycles. The third-order valence-electron chi connectivity index (χ3n) is 4.51. The Hall–Kier alpha value is -3.41. The molecule has 0 fully saturated rings. The van der Waals surface area contributed by atoms with Gasteiger partial charge in [-0.3, -0.25) is 9.97 Å². The topological polar surface area (TPSA) is 84.1 Å². The second-order valence-electron chi connectivity index (χ2n) is 6.40. The smallest absolute Gasteiger partial charge is 0.322 e. The number of fused-ring (bicyclic) bond motifs is 1. The van der Waals surface area contributed by atoms with Gasteiger partial charge in [-0.05, 0) is 30.2 Å². The zero-order chi connectivity index (χ0) is 18.1. The van der Waals surface area contributed by atoms with Crippen LogP contribution in [0.1, 0.15) is 17.0 Å². The molecule has 6 heteroatoms. The average molecular weight is 345 g/mol. The summed E-state index contributed by atoms with van der Waals surface area (Å²) < 4.78 is 0. The number of carbonyl (C=O) groups excluding carboxylic acids is 1. The first-order valence-electron chi connectivity index (χ1n) is 8.41. The number of benzene rings is 2. The zero-order valence-electron chi connectivity index (χ0n) is 14.4. The van der Waals surface area contributed by atoms with Gasteiger partial charge in [-0.2, -0.15) is 0 Å². The SMILES string of the molecule is Cc1ccc(-c2ccc(N)c(NC(=O)N3Cc4nccnc4C3)c2)cc1. The van der Waals surface area contributed by atoms with Crippen molar-refractivity contribution in [3.63, 3.8) is 0 Å². The molecule has 2 amide bonds. The fraction of sp³-hybridized carbons (Fsp3) is 0.150. The molecule has 0 radical (unpaired) electrons. The van der Waals surface area contributed by atoms with Crippen molar-refractivity contribution in [1.29, 1.82) is 0 Å². The minimum atomic E-state index is -0.211. The van der Waals surface area contributed by atoms with Crippen molar-refractivity contribution in [2.45, 2.75) is 20.0 Å². The highest BCUT2D eigenvalue weighted by molar-refractivity contribution is 5.94. The van der Waals surface area contributed by atoms with Crippen LogP contribution >= 0.6 is 0 Å². The average Bonchev–Trinajstić information content (AvgIpc) is 3.09. The summed E-state index contributed by atoms with van der Waals surface area (Å²) in [5.41, 5.74) is 12.2. The number of aromatic nitrogens is 2. The van der Waals surface area contributed by atoms with Crippen LogP contribution in [-0.2, 0) is 13.1 Å². The monoisotopic (exact) mass is 345 g/mol. The third-order valence-corrected chi connectivity index (χ3v) is 4.51. The summed E-state index contributed by atoms with van der Waals surface area (Å²) in [6.45, 7) is 2.95. The fourth-order valence-electron chi connectivity index (χ4n) is 3.01. The quantitative estimate of drug-likeness (QED) is 0.695. The predicted molar refractivity (Wildman–Crippen MR) is 101 cm³/mol. The lowest BCUT2D eigenvalue weighted by atomic mass is 10.0. The second kappa shape index (κ2) is 6.48. The van der Waals surface area contributed by atoms with Gasteiger partial charge in [0.25, 0.3) is 0 Å².